The van der Waals surface area contributed by atoms with Crippen LogP contribution in [0, 0.1) is 28.4 Å². The van der Waals surface area contributed by atoms with Crippen LogP contribution in [0.3, 0.4) is 0 Å². The van der Waals surface area contributed by atoms with Gasteiger partial charge in [0.15, 0.2) is 12.4 Å². The predicted octanol–water partition coefficient (Wildman–Crippen LogP) is 4.16. The smallest absolute Gasteiger partial charge is 0.335 e. The van der Waals surface area contributed by atoms with E-state index in [0.29, 0.717) is 11.6 Å². The van der Waals surface area contributed by atoms with E-state index in [4.69, 9.17) is 19.8 Å². The summed E-state index contributed by atoms with van der Waals surface area (Å²) in [5.74, 6) is -6.22. The van der Waals surface area contributed by atoms with Crippen LogP contribution in [0.2, 0.25) is 0 Å². The zero-order valence-electron chi connectivity index (χ0n) is 19.6. The lowest BCUT2D eigenvalue weighted by Gasteiger charge is -2.74. The summed E-state index contributed by atoms with van der Waals surface area (Å²) in [7, 11) is -5.15. The Morgan fingerprint density at radius 1 is 1.13 bits per heavy atom. The van der Waals surface area contributed by atoms with Crippen LogP contribution in [0.5, 0.6) is 0 Å². The number of aromatic nitrogens is 3. The van der Waals surface area contributed by atoms with Crippen molar-refractivity contribution >= 4 is 7.82 Å². The number of nitrogens with zero attached hydrogens (tertiary/aromatic N) is 4. The van der Waals surface area contributed by atoms with E-state index in [2.05, 4.69) is 14.6 Å². The third kappa shape index (κ3) is 4.13. The second kappa shape index (κ2) is 8.97. The van der Waals surface area contributed by atoms with Gasteiger partial charge in [-0.05, 0) is 54.5 Å². The number of hydrogen-bond donors (Lipinski definition) is 2. The molecule has 2 N–H and O–H groups in total. The molecule has 3 aromatic rings. The number of ether oxygens (including phenoxy) is 1. The molecule has 2 aromatic carbocycles. The molecule has 3 fully saturated rings. The molecule has 200 valence electrons. The van der Waals surface area contributed by atoms with Gasteiger partial charge >= 0.3 is 7.82 Å². The molecule has 6 rings (SSSR count). The van der Waals surface area contributed by atoms with Crippen molar-refractivity contribution in [3.63, 3.8) is 0 Å². The number of halogens is 4. The molecule has 14 heteroatoms. The predicted molar refractivity (Wildman–Crippen MR) is 121 cm³/mol. The molecule has 0 spiro atoms. The summed E-state index contributed by atoms with van der Waals surface area (Å²) in [4.78, 5) is 21.9. The van der Waals surface area contributed by atoms with Gasteiger partial charge in [0.2, 0.25) is 0 Å². The Labute approximate surface area is 213 Å². The Hall–Kier alpha value is -3.14. The van der Waals surface area contributed by atoms with E-state index < -0.39 is 60.7 Å². The van der Waals surface area contributed by atoms with Crippen molar-refractivity contribution in [1.29, 1.82) is 5.26 Å². The van der Waals surface area contributed by atoms with Gasteiger partial charge in [-0.25, -0.2) is 31.8 Å². The van der Waals surface area contributed by atoms with Crippen molar-refractivity contribution in [2.24, 2.45) is 5.41 Å². The van der Waals surface area contributed by atoms with E-state index in [0.717, 1.165) is 35.0 Å². The molecule has 0 aliphatic heterocycles. The molecular formula is C24H21F4N4O5P. The van der Waals surface area contributed by atoms with E-state index in [9.17, 15) is 8.96 Å². The lowest BCUT2D eigenvalue weighted by Crippen LogP contribution is -2.76. The number of rotatable bonds is 10. The number of phosphoric acid groups is 1. The molecule has 0 saturated heterocycles. The summed E-state index contributed by atoms with van der Waals surface area (Å²) in [6, 6.07) is 10.7. The van der Waals surface area contributed by atoms with Crippen LogP contribution in [0.4, 0.5) is 17.6 Å². The lowest BCUT2D eigenvalue weighted by molar-refractivity contribution is -0.363. The third-order valence-electron chi connectivity index (χ3n) is 7.57. The van der Waals surface area contributed by atoms with Gasteiger partial charge in [0.1, 0.15) is 24.3 Å². The maximum atomic E-state index is 16.9. The van der Waals surface area contributed by atoms with Crippen molar-refractivity contribution in [2.75, 3.05) is 6.79 Å². The fraction of sp³-hybridized carbons (Fsp3) is 0.375. The lowest BCUT2D eigenvalue weighted by atomic mass is 9.30. The number of hydrogen-bond acceptors (Lipinski definition) is 6. The first-order chi connectivity index (χ1) is 17.9. The van der Waals surface area contributed by atoms with Gasteiger partial charge in [-0.15, -0.1) is 0 Å². The third-order valence-corrected chi connectivity index (χ3v) is 8.02. The van der Waals surface area contributed by atoms with Crippen LogP contribution in [-0.4, -0.2) is 37.3 Å². The zero-order chi connectivity index (χ0) is 27.4. The number of alkyl halides is 2. The minimum absolute atomic E-state index is 0.00350. The molecule has 3 aliphatic carbocycles. The molecule has 1 aromatic heterocycles. The van der Waals surface area contributed by atoms with Gasteiger partial charge in [0.05, 0.1) is 18.2 Å². The Balaban J connectivity index is 1.56. The van der Waals surface area contributed by atoms with Gasteiger partial charge in [-0.2, -0.15) is 10.4 Å². The molecule has 1 atom stereocenters. The fourth-order valence-corrected chi connectivity index (χ4v) is 6.07. The van der Waals surface area contributed by atoms with Crippen LogP contribution >= 0.6 is 7.82 Å². The van der Waals surface area contributed by atoms with Crippen molar-refractivity contribution in [3.05, 3.63) is 83.4 Å². The minimum Gasteiger partial charge on any atom is -0.335 e. The second-order valence-electron chi connectivity index (χ2n) is 9.78. The van der Waals surface area contributed by atoms with Crippen molar-refractivity contribution in [2.45, 2.75) is 42.7 Å². The molecular weight excluding hydrogens is 531 g/mol. The summed E-state index contributed by atoms with van der Waals surface area (Å²) >= 11 is 0. The number of benzene rings is 2. The average Bonchev–Trinajstić information content (AvgIpc) is 3.29. The van der Waals surface area contributed by atoms with Crippen LogP contribution in [0.15, 0.2) is 55.1 Å². The SMILES string of the molecule is N#Cc1ccc(C23CC(C(F)(F)[C@](Cn4cncn4)(OCOP(=O)(O)O)c4ccc(F)cc4F)(C2)C3)cc1. The Bertz CT molecular complexity index is 1420. The molecule has 1 heterocycles. The Morgan fingerprint density at radius 2 is 1.82 bits per heavy atom. The van der Waals surface area contributed by atoms with E-state index >= 15 is 13.2 Å². The first-order valence-electron chi connectivity index (χ1n) is 11.4. The van der Waals surface area contributed by atoms with Crippen LogP contribution < -0.4 is 0 Å². The topological polar surface area (TPSA) is 130 Å². The quantitative estimate of drug-likeness (QED) is 0.218. The summed E-state index contributed by atoms with van der Waals surface area (Å²) < 4.78 is 84.7. The molecule has 2 bridgehead atoms. The highest BCUT2D eigenvalue weighted by atomic mass is 31.2. The molecule has 0 unspecified atom stereocenters. The van der Waals surface area contributed by atoms with Gasteiger partial charge in [-0.3, -0.25) is 4.52 Å². The molecule has 0 amide bonds. The van der Waals surface area contributed by atoms with Crippen molar-refractivity contribution in [3.8, 4) is 6.07 Å². The van der Waals surface area contributed by atoms with Crippen LogP contribution in [0.25, 0.3) is 0 Å². The summed E-state index contributed by atoms with van der Waals surface area (Å²) in [5.41, 5.74) is -4.67. The maximum absolute atomic E-state index is 16.9. The highest BCUT2D eigenvalue weighted by Crippen LogP contribution is 2.80. The maximum Gasteiger partial charge on any atom is 0.471 e. The van der Waals surface area contributed by atoms with Gasteiger partial charge in [0.25, 0.3) is 5.92 Å². The van der Waals surface area contributed by atoms with E-state index in [1.54, 1.807) is 24.3 Å². The summed E-state index contributed by atoms with van der Waals surface area (Å²) in [6.45, 7) is -2.14. The Kier molecular flexibility index (Phi) is 6.24. The Morgan fingerprint density at radius 3 is 2.37 bits per heavy atom. The van der Waals surface area contributed by atoms with Crippen LogP contribution in [-0.2, 0) is 31.4 Å². The largest absolute Gasteiger partial charge is 0.471 e. The van der Waals surface area contributed by atoms with E-state index in [-0.39, 0.29) is 19.3 Å². The zero-order valence-corrected chi connectivity index (χ0v) is 20.5. The minimum atomic E-state index is -5.15. The molecule has 38 heavy (non-hydrogen) atoms. The molecule has 0 radical (unpaired) electrons. The average molecular weight is 552 g/mol. The van der Waals surface area contributed by atoms with Crippen molar-refractivity contribution in [1.82, 2.24) is 14.8 Å². The first-order valence-corrected chi connectivity index (χ1v) is 12.9. The number of phosphoric ester groups is 1. The second-order valence-corrected chi connectivity index (χ2v) is 11.0. The van der Waals surface area contributed by atoms with Gasteiger partial charge in [0, 0.05) is 17.0 Å². The van der Waals surface area contributed by atoms with Crippen molar-refractivity contribution < 1.29 is 41.2 Å². The number of nitriles is 1. The summed E-state index contributed by atoms with van der Waals surface area (Å²) in [5, 5.41) is 12.9. The highest BCUT2D eigenvalue weighted by Gasteiger charge is 2.82. The highest BCUT2D eigenvalue weighted by molar-refractivity contribution is 7.46. The monoisotopic (exact) mass is 552 g/mol. The standard InChI is InChI=1S/C24H21F4N4O5P/c25-18-5-6-19(20(26)7-18)23(12-32-14-30-13-31-32,36-15-37-38(33,34)35)24(27,28)22-9-21(10-22,11-22)17-3-1-16(8-29)2-4-17/h1-7,13-14H,9-12,15H2,(H2,33,34,35)/t21?,22?,23-/m1/s1. The normalized spacial score (nSPS) is 24.1. The van der Waals surface area contributed by atoms with E-state index in [1.807, 2.05) is 6.07 Å². The first kappa shape index (κ1) is 26.5. The van der Waals surface area contributed by atoms with Crippen LogP contribution in [0.1, 0.15) is 36.0 Å². The van der Waals surface area contributed by atoms with E-state index in [1.165, 1.54) is 0 Å². The fourth-order valence-electron chi connectivity index (χ4n) is 5.88. The van der Waals surface area contributed by atoms with Gasteiger partial charge < -0.3 is 14.5 Å². The molecule has 3 saturated carbocycles. The molecule has 9 nitrogen and oxygen atoms in total. The summed E-state index contributed by atoms with van der Waals surface area (Å²) in [6.07, 6.45) is 2.17. The van der Waals surface area contributed by atoms with Gasteiger partial charge in [-0.1, -0.05) is 12.1 Å². The molecule has 3 aliphatic rings.